The largest absolute Gasteiger partial charge is 0.506 e. The van der Waals surface area contributed by atoms with Crippen LogP contribution < -0.4 is 5.32 Å². The standard InChI is InChI=1S/C14H15NO5/c16-8-4-2-1-3-7(8)15-13(17)11-9-5-6-10(20-9)12(11)14(18)19/h1-4,9-12,16H,5-6H2,(H,15,17)(H,18,19)/t9-,10+,11?,12?/m1/s1. The van der Waals surface area contributed by atoms with E-state index in [-0.39, 0.29) is 23.6 Å². The lowest BCUT2D eigenvalue weighted by Crippen LogP contribution is -2.40. The van der Waals surface area contributed by atoms with Gasteiger partial charge in [-0.25, -0.2) is 0 Å². The van der Waals surface area contributed by atoms with Gasteiger partial charge in [0, 0.05) is 0 Å². The summed E-state index contributed by atoms with van der Waals surface area (Å²) < 4.78 is 5.54. The van der Waals surface area contributed by atoms with E-state index >= 15 is 0 Å². The van der Waals surface area contributed by atoms with Gasteiger partial charge < -0.3 is 20.3 Å². The lowest BCUT2D eigenvalue weighted by atomic mass is 9.78. The first-order valence-corrected chi connectivity index (χ1v) is 6.55. The molecule has 1 aromatic carbocycles. The molecule has 0 saturated carbocycles. The Kier molecular flexibility index (Phi) is 3.10. The second kappa shape index (κ2) is 4.79. The monoisotopic (exact) mass is 277 g/mol. The zero-order chi connectivity index (χ0) is 14.3. The molecule has 2 heterocycles. The first-order chi connectivity index (χ1) is 9.58. The molecule has 2 unspecified atom stereocenters. The maximum absolute atomic E-state index is 12.3. The molecular formula is C14H15NO5. The third kappa shape index (κ3) is 2.02. The molecule has 6 nitrogen and oxygen atoms in total. The maximum Gasteiger partial charge on any atom is 0.310 e. The number of phenols is 1. The van der Waals surface area contributed by atoms with E-state index < -0.39 is 23.7 Å². The van der Waals surface area contributed by atoms with Crippen molar-refractivity contribution in [1.29, 1.82) is 0 Å². The quantitative estimate of drug-likeness (QED) is 0.722. The van der Waals surface area contributed by atoms with Gasteiger partial charge in [0.2, 0.25) is 5.91 Å². The zero-order valence-electron chi connectivity index (χ0n) is 10.7. The van der Waals surface area contributed by atoms with Gasteiger partial charge in [-0.1, -0.05) is 12.1 Å². The van der Waals surface area contributed by atoms with Crippen LogP contribution in [0.5, 0.6) is 5.75 Å². The van der Waals surface area contributed by atoms with Crippen LogP contribution in [0.1, 0.15) is 12.8 Å². The van der Waals surface area contributed by atoms with Crippen LogP contribution in [-0.2, 0) is 14.3 Å². The Labute approximate surface area is 115 Å². The lowest BCUT2D eigenvalue weighted by molar-refractivity contribution is -0.147. The molecule has 2 aliphatic rings. The van der Waals surface area contributed by atoms with Crippen LogP contribution >= 0.6 is 0 Å². The average Bonchev–Trinajstić information content (AvgIpc) is 3.01. The van der Waals surface area contributed by atoms with Crippen molar-refractivity contribution in [2.24, 2.45) is 11.8 Å². The van der Waals surface area contributed by atoms with Gasteiger partial charge in [0.05, 0.1) is 29.7 Å². The maximum atomic E-state index is 12.3. The minimum atomic E-state index is -1.00. The molecule has 0 radical (unpaired) electrons. The van der Waals surface area contributed by atoms with Gasteiger partial charge in [0.1, 0.15) is 5.75 Å². The number of ether oxygens (including phenoxy) is 1. The molecule has 20 heavy (non-hydrogen) atoms. The Morgan fingerprint density at radius 3 is 2.45 bits per heavy atom. The third-order valence-corrected chi connectivity index (χ3v) is 4.02. The number of hydrogen-bond donors (Lipinski definition) is 3. The minimum Gasteiger partial charge on any atom is -0.506 e. The van der Waals surface area contributed by atoms with E-state index in [4.69, 9.17) is 4.74 Å². The van der Waals surface area contributed by atoms with E-state index in [1.54, 1.807) is 18.2 Å². The second-order valence-electron chi connectivity index (χ2n) is 5.19. The highest BCUT2D eigenvalue weighted by Gasteiger charge is 2.55. The molecular weight excluding hydrogens is 262 g/mol. The summed E-state index contributed by atoms with van der Waals surface area (Å²) in [5, 5.41) is 21.5. The fourth-order valence-corrected chi connectivity index (χ4v) is 3.12. The van der Waals surface area contributed by atoms with Gasteiger partial charge in [0.25, 0.3) is 0 Å². The first kappa shape index (κ1) is 12.9. The molecule has 1 amide bonds. The summed E-state index contributed by atoms with van der Waals surface area (Å²) in [6, 6.07) is 6.35. The van der Waals surface area contributed by atoms with Crippen molar-refractivity contribution >= 4 is 17.6 Å². The number of anilines is 1. The fraction of sp³-hybridized carbons (Fsp3) is 0.429. The molecule has 2 saturated heterocycles. The normalized spacial score (nSPS) is 31.2. The van der Waals surface area contributed by atoms with Gasteiger partial charge in [-0.2, -0.15) is 0 Å². The topological polar surface area (TPSA) is 95.9 Å². The van der Waals surface area contributed by atoms with Gasteiger partial charge >= 0.3 is 5.97 Å². The van der Waals surface area contributed by atoms with Crippen LogP contribution in [0.25, 0.3) is 0 Å². The predicted octanol–water partition coefficient (Wildman–Crippen LogP) is 1.21. The number of rotatable bonds is 3. The lowest BCUT2D eigenvalue weighted by Gasteiger charge is -2.24. The predicted molar refractivity (Wildman–Crippen MR) is 69.2 cm³/mol. The van der Waals surface area contributed by atoms with E-state index in [0.717, 1.165) is 0 Å². The highest BCUT2D eigenvalue weighted by atomic mass is 16.5. The number of amides is 1. The van der Waals surface area contributed by atoms with Crippen LogP contribution in [-0.4, -0.2) is 34.3 Å². The van der Waals surface area contributed by atoms with Crippen molar-refractivity contribution in [2.45, 2.75) is 25.0 Å². The highest BCUT2D eigenvalue weighted by molar-refractivity contribution is 5.97. The number of phenolic OH excluding ortho intramolecular Hbond substituents is 1. The second-order valence-corrected chi connectivity index (χ2v) is 5.19. The van der Waals surface area contributed by atoms with E-state index in [1.165, 1.54) is 6.07 Å². The van der Waals surface area contributed by atoms with Crippen LogP contribution in [0.2, 0.25) is 0 Å². The summed E-state index contributed by atoms with van der Waals surface area (Å²) in [5.74, 6) is -2.97. The Bertz CT molecular complexity index is 558. The average molecular weight is 277 g/mol. The summed E-state index contributed by atoms with van der Waals surface area (Å²) in [6.07, 6.45) is 0.666. The van der Waals surface area contributed by atoms with Crippen molar-refractivity contribution in [3.05, 3.63) is 24.3 Å². The van der Waals surface area contributed by atoms with Crippen molar-refractivity contribution in [1.82, 2.24) is 0 Å². The number of nitrogens with one attached hydrogen (secondary N) is 1. The number of aromatic hydroxyl groups is 1. The molecule has 3 N–H and O–H groups in total. The summed E-state index contributed by atoms with van der Waals surface area (Å²) in [4.78, 5) is 23.6. The highest BCUT2D eigenvalue weighted by Crippen LogP contribution is 2.44. The number of benzene rings is 1. The van der Waals surface area contributed by atoms with Crippen molar-refractivity contribution in [2.75, 3.05) is 5.32 Å². The van der Waals surface area contributed by atoms with Crippen LogP contribution in [0.15, 0.2) is 24.3 Å². The number of carboxylic acids is 1. The molecule has 0 aromatic heterocycles. The SMILES string of the molecule is O=C(O)C1C(C(=O)Nc2ccccc2O)[C@H]2CC[C@@H]1O2. The van der Waals surface area contributed by atoms with Gasteiger partial charge in [0.15, 0.2) is 0 Å². The van der Waals surface area contributed by atoms with Crippen molar-refractivity contribution in [3.8, 4) is 5.75 Å². The number of carbonyl (C=O) groups is 2. The number of carbonyl (C=O) groups excluding carboxylic acids is 1. The minimum absolute atomic E-state index is 0.0446. The van der Waals surface area contributed by atoms with Gasteiger partial charge in [-0.15, -0.1) is 0 Å². The Morgan fingerprint density at radius 2 is 1.80 bits per heavy atom. The molecule has 0 spiro atoms. The molecule has 1 aromatic rings. The molecule has 0 aliphatic carbocycles. The fourth-order valence-electron chi connectivity index (χ4n) is 3.12. The molecule has 2 bridgehead atoms. The number of carboxylic acid groups (broad SMARTS) is 1. The molecule has 6 heteroatoms. The molecule has 2 aliphatic heterocycles. The summed E-state index contributed by atoms with van der Waals surface area (Å²) >= 11 is 0. The summed E-state index contributed by atoms with van der Waals surface area (Å²) in [7, 11) is 0. The van der Waals surface area contributed by atoms with Crippen molar-refractivity contribution < 1.29 is 24.5 Å². The molecule has 4 atom stereocenters. The Hall–Kier alpha value is -2.08. The van der Waals surface area contributed by atoms with Crippen LogP contribution in [0.3, 0.4) is 0 Å². The van der Waals surface area contributed by atoms with E-state index in [0.29, 0.717) is 12.8 Å². The van der Waals surface area contributed by atoms with E-state index in [1.807, 2.05) is 0 Å². The zero-order valence-corrected chi connectivity index (χ0v) is 10.7. The molecule has 3 rings (SSSR count). The Morgan fingerprint density at radius 1 is 1.15 bits per heavy atom. The first-order valence-electron chi connectivity index (χ1n) is 6.55. The van der Waals surface area contributed by atoms with Gasteiger partial charge in [-0.05, 0) is 25.0 Å². The molecule has 106 valence electrons. The number of hydrogen-bond acceptors (Lipinski definition) is 4. The third-order valence-electron chi connectivity index (χ3n) is 4.02. The van der Waals surface area contributed by atoms with Crippen molar-refractivity contribution in [3.63, 3.8) is 0 Å². The van der Waals surface area contributed by atoms with E-state index in [2.05, 4.69) is 5.32 Å². The number of fused-ring (bicyclic) bond motifs is 2. The summed E-state index contributed by atoms with van der Waals surface area (Å²) in [6.45, 7) is 0. The van der Waals surface area contributed by atoms with Gasteiger partial charge in [-0.3, -0.25) is 9.59 Å². The van der Waals surface area contributed by atoms with E-state index in [9.17, 15) is 19.8 Å². The molecule has 2 fully saturated rings. The van der Waals surface area contributed by atoms with Crippen LogP contribution in [0.4, 0.5) is 5.69 Å². The Balaban J connectivity index is 1.80. The summed E-state index contributed by atoms with van der Waals surface area (Å²) in [5.41, 5.74) is 0.282. The smallest absolute Gasteiger partial charge is 0.310 e. The number of para-hydroxylation sites is 2. The number of aliphatic carboxylic acids is 1. The van der Waals surface area contributed by atoms with Crippen LogP contribution in [0, 0.1) is 11.8 Å².